The molecule has 0 saturated heterocycles. The Hall–Kier alpha value is -1.49. The van der Waals surface area contributed by atoms with Gasteiger partial charge in [-0.1, -0.05) is 6.92 Å². The third-order valence-corrected chi connectivity index (χ3v) is 3.54. The fourth-order valence-corrected chi connectivity index (χ4v) is 2.42. The molecule has 0 bridgehead atoms. The zero-order chi connectivity index (χ0) is 11.7. The molecule has 0 amide bonds. The maximum atomic E-state index is 12.0. The van der Waals surface area contributed by atoms with Crippen LogP contribution >= 0.6 is 11.3 Å². The van der Waals surface area contributed by atoms with Gasteiger partial charge in [-0.2, -0.15) is 0 Å². The van der Waals surface area contributed by atoms with E-state index in [1.54, 1.807) is 6.92 Å². The monoisotopic (exact) mass is 236 g/mol. The molecule has 2 rings (SSSR count). The van der Waals surface area contributed by atoms with Crippen molar-refractivity contribution in [1.29, 1.82) is 0 Å². The van der Waals surface area contributed by atoms with Crippen molar-refractivity contribution >= 4 is 27.3 Å². The third-order valence-electron chi connectivity index (χ3n) is 2.46. The summed E-state index contributed by atoms with van der Waals surface area (Å²) in [6, 6.07) is 0. The molecule has 2 aromatic heterocycles. The van der Waals surface area contributed by atoms with Crippen LogP contribution in [-0.2, 0) is 11.3 Å². The zero-order valence-electron chi connectivity index (χ0n) is 9.19. The first-order valence-corrected chi connectivity index (χ1v) is 5.96. The number of rotatable bonds is 3. The van der Waals surface area contributed by atoms with Gasteiger partial charge in [0.1, 0.15) is 4.70 Å². The fraction of sp³-hybridized carbons (Fsp3) is 0.364. The topological polar surface area (TPSA) is 52.0 Å². The molecule has 0 radical (unpaired) electrons. The second kappa shape index (κ2) is 4.17. The number of carbonyl (C=O) groups excluding carboxylic acids is 1. The van der Waals surface area contributed by atoms with Gasteiger partial charge in [0.2, 0.25) is 0 Å². The summed E-state index contributed by atoms with van der Waals surface area (Å²) in [6.07, 6.45) is 1.89. The number of Topliss-reactive ketones (excluding diaryl/α,β-unsaturated/α-hetero) is 1. The molecule has 0 aliphatic heterocycles. The van der Waals surface area contributed by atoms with Gasteiger partial charge in [-0.25, -0.2) is 4.98 Å². The molecule has 0 atom stereocenters. The number of ketones is 1. The Balaban J connectivity index is 2.53. The Morgan fingerprint density at radius 1 is 1.56 bits per heavy atom. The van der Waals surface area contributed by atoms with E-state index in [0.717, 1.165) is 11.1 Å². The Bertz CT molecular complexity index is 598. The first kappa shape index (κ1) is 11.0. The van der Waals surface area contributed by atoms with Crippen LogP contribution < -0.4 is 5.56 Å². The van der Waals surface area contributed by atoms with Gasteiger partial charge in [-0.15, -0.1) is 11.3 Å². The summed E-state index contributed by atoms with van der Waals surface area (Å²) in [5, 5.41) is 1.91. The van der Waals surface area contributed by atoms with E-state index in [1.807, 2.05) is 12.3 Å². The minimum absolute atomic E-state index is 0.0385. The molecule has 2 aromatic rings. The number of hydrogen-bond donors (Lipinski definition) is 0. The fourth-order valence-electron chi connectivity index (χ4n) is 1.47. The van der Waals surface area contributed by atoms with Crippen molar-refractivity contribution in [2.75, 3.05) is 0 Å². The molecule has 0 spiro atoms. The lowest BCUT2D eigenvalue weighted by molar-refractivity contribution is -0.119. The zero-order valence-corrected chi connectivity index (χ0v) is 10.0. The highest BCUT2D eigenvalue weighted by molar-refractivity contribution is 7.17. The lowest BCUT2D eigenvalue weighted by Crippen LogP contribution is -2.23. The first-order valence-electron chi connectivity index (χ1n) is 5.08. The van der Waals surface area contributed by atoms with Gasteiger partial charge < -0.3 is 0 Å². The van der Waals surface area contributed by atoms with Crippen LogP contribution in [0.15, 0.2) is 16.5 Å². The van der Waals surface area contributed by atoms with E-state index < -0.39 is 0 Å². The maximum absolute atomic E-state index is 12.0. The summed E-state index contributed by atoms with van der Waals surface area (Å²) in [4.78, 5) is 27.5. The highest BCUT2D eigenvalue weighted by Gasteiger charge is 2.09. The summed E-state index contributed by atoms with van der Waals surface area (Å²) < 4.78 is 2.01. The number of thiophene rings is 1. The van der Waals surface area contributed by atoms with Gasteiger partial charge in [0.15, 0.2) is 5.78 Å². The van der Waals surface area contributed by atoms with Gasteiger partial charge in [-0.3, -0.25) is 14.2 Å². The van der Waals surface area contributed by atoms with Crippen LogP contribution in [0.4, 0.5) is 0 Å². The van der Waals surface area contributed by atoms with Crippen molar-refractivity contribution < 1.29 is 4.79 Å². The minimum atomic E-state index is -0.120. The molecule has 0 saturated carbocycles. The molecule has 0 aliphatic rings. The summed E-state index contributed by atoms with van der Waals surface area (Å²) >= 11 is 1.38. The summed E-state index contributed by atoms with van der Waals surface area (Å²) in [6.45, 7) is 3.83. The van der Waals surface area contributed by atoms with Gasteiger partial charge >= 0.3 is 0 Å². The van der Waals surface area contributed by atoms with Crippen LogP contribution in [0.1, 0.15) is 18.9 Å². The molecule has 0 unspecified atom stereocenters. The Morgan fingerprint density at radius 3 is 3.00 bits per heavy atom. The first-order chi connectivity index (χ1) is 7.63. The Kier molecular flexibility index (Phi) is 2.87. The van der Waals surface area contributed by atoms with E-state index in [1.165, 1.54) is 22.2 Å². The number of nitrogens with zero attached hydrogens (tertiary/aromatic N) is 2. The van der Waals surface area contributed by atoms with Crippen LogP contribution in [0.25, 0.3) is 10.2 Å². The van der Waals surface area contributed by atoms with Crippen LogP contribution in [0, 0.1) is 6.92 Å². The van der Waals surface area contributed by atoms with Gasteiger partial charge in [0.25, 0.3) is 5.56 Å². The average Bonchev–Trinajstić information content (AvgIpc) is 2.65. The molecule has 84 valence electrons. The molecule has 0 aromatic carbocycles. The molecular weight excluding hydrogens is 224 g/mol. The van der Waals surface area contributed by atoms with Crippen molar-refractivity contribution in [2.24, 2.45) is 0 Å². The highest BCUT2D eigenvalue weighted by Crippen LogP contribution is 2.19. The van der Waals surface area contributed by atoms with Crippen molar-refractivity contribution in [1.82, 2.24) is 9.55 Å². The van der Waals surface area contributed by atoms with E-state index in [0.29, 0.717) is 11.1 Å². The number of aromatic nitrogens is 2. The van der Waals surface area contributed by atoms with E-state index in [4.69, 9.17) is 0 Å². The van der Waals surface area contributed by atoms with Crippen LogP contribution in [0.3, 0.4) is 0 Å². The minimum Gasteiger partial charge on any atom is -0.298 e. The van der Waals surface area contributed by atoms with E-state index >= 15 is 0 Å². The summed E-state index contributed by atoms with van der Waals surface area (Å²) in [5.41, 5.74) is 1.63. The summed E-state index contributed by atoms with van der Waals surface area (Å²) in [7, 11) is 0. The van der Waals surface area contributed by atoms with E-state index in [9.17, 15) is 9.59 Å². The number of fused-ring (bicyclic) bond motifs is 1. The largest absolute Gasteiger partial charge is 0.298 e. The normalized spacial score (nSPS) is 10.9. The Morgan fingerprint density at radius 2 is 2.31 bits per heavy atom. The molecule has 5 heteroatoms. The van der Waals surface area contributed by atoms with Crippen LogP contribution in [-0.4, -0.2) is 15.3 Å². The highest BCUT2D eigenvalue weighted by atomic mass is 32.1. The lowest BCUT2D eigenvalue weighted by Gasteiger charge is -2.02. The van der Waals surface area contributed by atoms with Crippen LogP contribution in [0.2, 0.25) is 0 Å². The van der Waals surface area contributed by atoms with Crippen molar-refractivity contribution in [3.05, 3.63) is 27.6 Å². The number of carbonyl (C=O) groups is 1. The van der Waals surface area contributed by atoms with Gasteiger partial charge in [0, 0.05) is 6.42 Å². The van der Waals surface area contributed by atoms with Crippen molar-refractivity contribution in [3.63, 3.8) is 0 Å². The standard InChI is InChI=1S/C11H12N2O2S/c1-3-8(14)4-13-6-12-9-7(2)5-16-10(9)11(13)15/h5-6H,3-4H2,1-2H3. The predicted molar refractivity (Wildman–Crippen MR) is 63.9 cm³/mol. The van der Waals surface area contributed by atoms with Gasteiger partial charge in [-0.05, 0) is 17.9 Å². The molecule has 4 nitrogen and oxygen atoms in total. The molecule has 0 N–H and O–H groups in total. The predicted octanol–water partition coefficient (Wildman–Crippen LogP) is 1.75. The molecule has 0 aliphatic carbocycles. The third kappa shape index (κ3) is 1.78. The van der Waals surface area contributed by atoms with Gasteiger partial charge in [0.05, 0.1) is 18.4 Å². The number of aryl methyl sites for hydroxylation is 1. The molecule has 0 fully saturated rings. The second-order valence-corrected chi connectivity index (χ2v) is 4.55. The second-order valence-electron chi connectivity index (χ2n) is 3.67. The molecule has 16 heavy (non-hydrogen) atoms. The lowest BCUT2D eigenvalue weighted by atomic mass is 10.3. The van der Waals surface area contributed by atoms with E-state index in [-0.39, 0.29) is 17.9 Å². The average molecular weight is 236 g/mol. The maximum Gasteiger partial charge on any atom is 0.271 e. The number of hydrogen-bond acceptors (Lipinski definition) is 4. The van der Waals surface area contributed by atoms with E-state index in [2.05, 4.69) is 4.98 Å². The SMILES string of the molecule is CCC(=O)Cn1cnc2c(C)csc2c1=O. The molecule has 2 heterocycles. The smallest absolute Gasteiger partial charge is 0.271 e. The summed E-state index contributed by atoms with van der Waals surface area (Å²) in [5.74, 6) is 0.0385. The van der Waals surface area contributed by atoms with Crippen molar-refractivity contribution in [3.8, 4) is 0 Å². The Labute approximate surface area is 96.6 Å². The van der Waals surface area contributed by atoms with Crippen molar-refractivity contribution in [2.45, 2.75) is 26.8 Å². The quantitative estimate of drug-likeness (QED) is 0.815. The molecular formula is C11H12N2O2S. The van der Waals surface area contributed by atoms with Crippen LogP contribution in [0.5, 0.6) is 0 Å².